The molecule has 6 nitrogen and oxygen atoms in total. The fourth-order valence-electron chi connectivity index (χ4n) is 1.68. The van der Waals surface area contributed by atoms with Crippen molar-refractivity contribution in [1.82, 2.24) is 24.7 Å². The van der Waals surface area contributed by atoms with Crippen LogP contribution in [0.4, 0.5) is 11.6 Å². The van der Waals surface area contributed by atoms with E-state index in [-0.39, 0.29) is 5.28 Å². The van der Waals surface area contributed by atoms with Gasteiger partial charge in [-0.1, -0.05) is 17.7 Å². The lowest BCUT2D eigenvalue weighted by Gasteiger charge is -2.08. The number of benzene rings is 1. The molecular weight excluding hydrogens is 311 g/mol. The summed E-state index contributed by atoms with van der Waals surface area (Å²) in [6.45, 7) is 1.93. The molecule has 1 aromatic carbocycles. The Kier molecular flexibility index (Phi) is 3.72. The van der Waals surface area contributed by atoms with Gasteiger partial charge < -0.3 is 5.32 Å². The maximum atomic E-state index is 6.09. The maximum absolute atomic E-state index is 6.09. The topological polar surface area (TPSA) is 68.5 Å². The molecule has 3 rings (SSSR count). The van der Waals surface area contributed by atoms with Crippen LogP contribution in [0.25, 0.3) is 5.95 Å². The summed E-state index contributed by atoms with van der Waals surface area (Å²) in [5.74, 6) is 0.654. The number of rotatable bonds is 3. The van der Waals surface area contributed by atoms with E-state index in [1.165, 1.54) is 4.68 Å². The minimum atomic E-state index is 0.0798. The van der Waals surface area contributed by atoms with Crippen LogP contribution >= 0.6 is 23.2 Å². The highest BCUT2D eigenvalue weighted by molar-refractivity contribution is 6.31. The first-order valence-corrected chi connectivity index (χ1v) is 6.82. The van der Waals surface area contributed by atoms with Gasteiger partial charge in [-0.2, -0.15) is 20.1 Å². The van der Waals surface area contributed by atoms with Crippen molar-refractivity contribution < 1.29 is 0 Å². The van der Waals surface area contributed by atoms with E-state index in [1.807, 2.05) is 19.1 Å². The summed E-state index contributed by atoms with van der Waals surface area (Å²) in [7, 11) is 0. The van der Waals surface area contributed by atoms with Crippen LogP contribution in [-0.4, -0.2) is 24.7 Å². The summed E-state index contributed by atoms with van der Waals surface area (Å²) in [6, 6.07) is 7.35. The van der Waals surface area contributed by atoms with Gasteiger partial charge in [0.15, 0.2) is 0 Å². The molecule has 0 unspecified atom stereocenters. The smallest absolute Gasteiger partial charge is 0.256 e. The Bertz CT molecular complexity index is 772. The van der Waals surface area contributed by atoms with Crippen molar-refractivity contribution in [3.05, 3.63) is 52.5 Å². The van der Waals surface area contributed by atoms with E-state index >= 15 is 0 Å². The lowest BCUT2D eigenvalue weighted by molar-refractivity contribution is 0.798. The average molecular weight is 321 g/mol. The standard InChI is InChI=1S/C13H10Cl2N6/c1-8-3-4-9(7-10(8)14)17-12-18-11(15)19-13(20-12)21-6-2-5-16-21/h2-7H,1H3,(H,17,18,19,20). The molecule has 8 heteroatoms. The molecule has 0 radical (unpaired) electrons. The van der Waals surface area contributed by atoms with E-state index in [4.69, 9.17) is 23.2 Å². The Morgan fingerprint density at radius 1 is 1.14 bits per heavy atom. The molecule has 0 aliphatic heterocycles. The molecule has 1 N–H and O–H groups in total. The van der Waals surface area contributed by atoms with Crippen LogP contribution in [0.3, 0.4) is 0 Å². The Morgan fingerprint density at radius 2 is 2.00 bits per heavy atom. The van der Waals surface area contributed by atoms with Crippen LogP contribution in [0.1, 0.15) is 5.56 Å². The predicted molar refractivity (Wildman–Crippen MR) is 81.4 cm³/mol. The highest BCUT2D eigenvalue weighted by Crippen LogP contribution is 2.22. The predicted octanol–water partition coefficient (Wildman–Crippen LogP) is 3.42. The molecule has 0 aliphatic rings. The SMILES string of the molecule is Cc1ccc(Nc2nc(Cl)nc(-n3cccn3)n2)cc1Cl. The second kappa shape index (κ2) is 5.67. The fraction of sp³-hybridized carbons (Fsp3) is 0.0769. The van der Waals surface area contributed by atoms with Crippen LogP contribution in [0.2, 0.25) is 10.3 Å². The third kappa shape index (κ3) is 3.12. The van der Waals surface area contributed by atoms with Gasteiger partial charge in [-0.3, -0.25) is 0 Å². The van der Waals surface area contributed by atoms with E-state index in [9.17, 15) is 0 Å². The first-order valence-electron chi connectivity index (χ1n) is 6.06. The van der Waals surface area contributed by atoms with Gasteiger partial charge in [-0.15, -0.1) is 0 Å². The van der Waals surface area contributed by atoms with Crippen molar-refractivity contribution in [3.8, 4) is 5.95 Å². The molecule has 0 saturated heterocycles. The van der Waals surface area contributed by atoms with E-state index in [1.54, 1.807) is 24.5 Å². The molecule has 21 heavy (non-hydrogen) atoms. The molecule has 0 atom stereocenters. The van der Waals surface area contributed by atoms with Gasteiger partial charge >= 0.3 is 0 Å². The first-order chi connectivity index (χ1) is 10.1. The van der Waals surface area contributed by atoms with Gasteiger partial charge in [-0.05, 0) is 42.3 Å². The van der Waals surface area contributed by atoms with E-state index < -0.39 is 0 Å². The Labute approximate surface area is 130 Å². The van der Waals surface area contributed by atoms with Gasteiger partial charge in [0.05, 0.1) is 0 Å². The highest BCUT2D eigenvalue weighted by Gasteiger charge is 2.08. The van der Waals surface area contributed by atoms with Crippen molar-refractivity contribution >= 4 is 34.8 Å². The zero-order chi connectivity index (χ0) is 14.8. The molecule has 0 aliphatic carbocycles. The number of nitrogens with zero attached hydrogens (tertiary/aromatic N) is 5. The average Bonchev–Trinajstić information content (AvgIpc) is 2.96. The molecule has 0 amide bonds. The van der Waals surface area contributed by atoms with Crippen molar-refractivity contribution in [1.29, 1.82) is 0 Å². The minimum absolute atomic E-state index is 0.0798. The molecule has 2 aromatic heterocycles. The summed E-state index contributed by atoms with van der Waals surface area (Å²) in [5, 5.41) is 7.84. The lowest BCUT2D eigenvalue weighted by Crippen LogP contribution is -2.06. The zero-order valence-electron chi connectivity index (χ0n) is 11.0. The molecule has 0 fully saturated rings. The Morgan fingerprint density at radius 3 is 2.71 bits per heavy atom. The summed E-state index contributed by atoms with van der Waals surface area (Å²) >= 11 is 12.0. The van der Waals surface area contributed by atoms with Crippen LogP contribution in [0.15, 0.2) is 36.7 Å². The normalized spacial score (nSPS) is 10.6. The number of aryl methyl sites for hydroxylation is 1. The third-order valence-electron chi connectivity index (χ3n) is 2.73. The van der Waals surface area contributed by atoms with Crippen LogP contribution in [0.5, 0.6) is 0 Å². The van der Waals surface area contributed by atoms with Gasteiger partial charge in [0, 0.05) is 23.1 Å². The second-order valence-electron chi connectivity index (χ2n) is 4.27. The summed E-state index contributed by atoms with van der Waals surface area (Å²) in [4.78, 5) is 12.3. The van der Waals surface area contributed by atoms with Crippen molar-refractivity contribution in [2.75, 3.05) is 5.32 Å². The van der Waals surface area contributed by atoms with Gasteiger partial charge in [0.1, 0.15) is 0 Å². The number of aromatic nitrogens is 5. The van der Waals surface area contributed by atoms with Crippen LogP contribution < -0.4 is 5.32 Å². The Hall–Kier alpha value is -2.18. The quantitative estimate of drug-likeness (QED) is 0.800. The maximum Gasteiger partial charge on any atom is 0.256 e. The summed E-state index contributed by atoms with van der Waals surface area (Å²) in [5.41, 5.74) is 1.76. The molecule has 2 heterocycles. The molecule has 0 saturated carbocycles. The second-order valence-corrected chi connectivity index (χ2v) is 5.01. The number of halogens is 2. The summed E-state index contributed by atoms with van der Waals surface area (Å²) in [6.07, 6.45) is 3.35. The largest absolute Gasteiger partial charge is 0.324 e. The molecular formula is C13H10Cl2N6. The fourth-order valence-corrected chi connectivity index (χ4v) is 2.02. The van der Waals surface area contributed by atoms with E-state index in [2.05, 4.69) is 25.4 Å². The third-order valence-corrected chi connectivity index (χ3v) is 3.31. The van der Waals surface area contributed by atoms with E-state index in [0.717, 1.165) is 11.3 Å². The van der Waals surface area contributed by atoms with Crippen molar-refractivity contribution in [2.45, 2.75) is 6.92 Å². The summed E-state index contributed by atoms with van der Waals surface area (Å²) < 4.78 is 1.50. The first kappa shape index (κ1) is 13.8. The van der Waals surface area contributed by atoms with Gasteiger partial charge in [0.2, 0.25) is 11.2 Å². The molecule has 0 bridgehead atoms. The number of anilines is 2. The van der Waals surface area contributed by atoms with Crippen molar-refractivity contribution in [2.24, 2.45) is 0 Å². The number of hydrogen-bond acceptors (Lipinski definition) is 5. The van der Waals surface area contributed by atoms with Gasteiger partial charge in [0.25, 0.3) is 5.95 Å². The number of nitrogens with one attached hydrogen (secondary N) is 1. The molecule has 106 valence electrons. The molecule has 0 spiro atoms. The molecule has 3 aromatic rings. The highest BCUT2D eigenvalue weighted by atomic mass is 35.5. The van der Waals surface area contributed by atoms with Crippen LogP contribution in [0, 0.1) is 6.92 Å². The lowest BCUT2D eigenvalue weighted by atomic mass is 10.2. The minimum Gasteiger partial charge on any atom is -0.324 e. The zero-order valence-corrected chi connectivity index (χ0v) is 12.5. The van der Waals surface area contributed by atoms with Crippen LogP contribution in [-0.2, 0) is 0 Å². The van der Waals surface area contributed by atoms with Crippen molar-refractivity contribution in [3.63, 3.8) is 0 Å². The van der Waals surface area contributed by atoms with E-state index in [0.29, 0.717) is 16.9 Å². The Balaban J connectivity index is 1.93. The number of hydrogen-bond donors (Lipinski definition) is 1. The monoisotopic (exact) mass is 320 g/mol. The van der Waals surface area contributed by atoms with Gasteiger partial charge in [-0.25, -0.2) is 4.68 Å².